The van der Waals surface area contributed by atoms with Crippen LogP contribution < -0.4 is 0 Å². The van der Waals surface area contributed by atoms with Crippen LogP contribution in [-0.4, -0.2) is 40.6 Å². The Hall–Kier alpha value is -5.30. The summed E-state index contributed by atoms with van der Waals surface area (Å²) in [5.41, 5.74) is 0.237. The first-order chi connectivity index (χ1) is 17.8. The molecule has 0 saturated carbocycles. The molecule has 3 aromatic carbocycles. The van der Waals surface area contributed by atoms with Gasteiger partial charge in [-0.25, -0.2) is 4.68 Å². The predicted octanol–water partition coefficient (Wildman–Crippen LogP) is 5.03. The summed E-state index contributed by atoms with van der Waals surface area (Å²) in [7, 11) is 0. The molecule has 2 aromatic heterocycles. The number of aromatic nitrogens is 5. The maximum Gasteiger partial charge on any atom is 0.301 e. The Morgan fingerprint density at radius 2 is 1.57 bits per heavy atom. The average Bonchev–Trinajstić information content (AvgIpc) is 3.52. The second-order valence-electron chi connectivity index (χ2n) is 7.75. The van der Waals surface area contributed by atoms with Gasteiger partial charge in [-0.3, -0.25) is 35.2 Å². The van der Waals surface area contributed by atoms with Gasteiger partial charge in [-0.2, -0.15) is 10.1 Å². The molecule has 0 saturated heterocycles. The van der Waals surface area contributed by atoms with Gasteiger partial charge in [0.1, 0.15) is 11.4 Å². The maximum absolute atomic E-state index is 13.9. The quantitative estimate of drug-likeness (QED) is 0.132. The van der Waals surface area contributed by atoms with Gasteiger partial charge in [-0.1, -0.05) is 60.7 Å². The number of aromatic amines is 2. The van der Waals surface area contributed by atoms with Crippen LogP contribution in [0.15, 0.2) is 78.9 Å². The number of nitrogens with zero attached hydrogens (tertiary/aromatic N) is 5. The highest BCUT2D eigenvalue weighted by Gasteiger charge is 2.31. The fourth-order valence-electron chi connectivity index (χ4n) is 3.90. The summed E-state index contributed by atoms with van der Waals surface area (Å²) >= 11 is 5.09. The van der Waals surface area contributed by atoms with Crippen molar-refractivity contribution in [3.63, 3.8) is 0 Å². The second-order valence-corrected chi connectivity index (χ2v) is 8.13. The van der Waals surface area contributed by atoms with Crippen molar-refractivity contribution in [2.45, 2.75) is 0 Å². The number of benzene rings is 3. The van der Waals surface area contributed by atoms with E-state index in [1.807, 2.05) is 0 Å². The number of carbonyl (C=O) groups excluding carboxylic acids is 1. The van der Waals surface area contributed by atoms with Crippen molar-refractivity contribution in [2.75, 3.05) is 0 Å². The van der Waals surface area contributed by atoms with Crippen LogP contribution in [0.2, 0.25) is 0 Å². The molecular formula is C24H15N7O5S. The van der Waals surface area contributed by atoms with Crippen molar-refractivity contribution in [1.82, 2.24) is 25.0 Å². The van der Waals surface area contributed by atoms with E-state index in [4.69, 9.17) is 12.2 Å². The van der Waals surface area contributed by atoms with E-state index in [0.29, 0.717) is 11.1 Å². The molecule has 5 aromatic rings. The first-order valence-corrected chi connectivity index (χ1v) is 11.1. The third-order valence-corrected chi connectivity index (χ3v) is 5.71. The number of nitro benzene ring substituents is 2. The van der Waals surface area contributed by atoms with Crippen LogP contribution >= 0.6 is 12.2 Å². The van der Waals surface area contributed by atoms with Crippen molar-refractivity contribution < 1.29 is 14.6 Å². The van der Waals surface area contributed by atoms with Crippen LogP contribution in [-0.2, 0) is 0 Å². The summed E-state index contributed by atoms with van der Waals surface area (Å²) in [6.07, 6.45) is 0. The van der Waals surface area contributed by atoms with E-state index < -0.39 is 27.0 Å². The molecule has 0 radical (unpaired) electrons. The van der Waals surface area contributed by atoms with E-state index in [1.165, 1.54) is 10.7 Å². The van der Waals surface area contributed by atoms with Gasteiger partial charge >= 0.3 is 5.69 Å². The molecule has 182 valence electrons. The maximum atomic E-state index is 13.9. The molecule has 2 N–H and O–H groups in total. The number of H-pyrrole nitrogens is 2. The molecule has 0 spiro atoms. The van der Waals surface area contributed by atoms with Crippen molar-refractivity contribution in [3.05, 3.63) is 115 Å². The molecule has 0 bridgehead atoms. The number of nitrogens with one attached hydrogen (secondary N) is 2. The van der Waals surface area contributed by atoms with E-state index in [1.54, 1.807) is 60.7 Å². The predicted molar refractivity (Wildman–Crippen MR) is 135 cm³/mol. The van der Waals surface area contributed by atoms with Gasteiger partial charge in [0.25, 0.3) is 5.69 Å². The Morgan fingerprint density at radius 3 is 2.16 bits per heavy atom. The highest BCUT2D eigenvalue weighted by molar-refractivity contribution is 7.71. The zero-order valence-corrected chi connectivity index (χ0v) is 19.5. The summed E-state index contributed by atoms with van der Waals surface area (Å²) in [6.45, 7) is 0. The Balaban J connectivity index is 1.90. The molecule has 0 aliphatic carbocycles. The first kappa shape index (κ1) is 23.4. The number of hydrogen-bond donors (Lipinski definition) is 2. The van der Waals surface area contributed by atoms with Crippen molar-refractivity contribution in [2.24, 2.45) is 0 Å². The molecule has 0 amide bonds. The van der Waals surface area contributed by atoms with E-state index in [0.717, 1.165) is 12.1 Å². The van der Waals surface area contributed by atoms with Crippen LogP contribution in [0.25, 0.3) is 28.5 Å². The fraction of sp³-hybridized carbons (Fsp3) is 0. The van der Waals surface area contributed by atoms with Crippen LogP contribution in [0.3, 0.4) is 0 Å². The molecule has 37 heavy (non-hydrogen) atoms. The van der Waals surface area contributed by atoms with Crippen molar-refractivity contribution in [1.29, 1.82) is 0 Å². The summed E-state index contributed by atoms with van der Waals surface area (Å²) in [5.74, 6) is -0.266. The molecule has 5 rings (SSSR count). The number of non-ortho nitro benzene ring substituents is 1. The molecular weight excluding hydrogens is 498 g/mol. The van der Waals surface area contributed by atoms with Gasteiger partial charge in [0.2, 0.25) is 4.77 Å². The molecule has 0 fully saturated rings. The minimum Gasteiger partial charge on any atom is -0.288 e. The Labute approximate surface area is 212 Å². The number of hydrogen-bond acceptors (Lipinski definition) is 8. The lowest BCUT2D eigenvalue weighted by Gasteiger charge is -2.10. The summed E-state index contributed by atoms with van der Waals surface area (Å²) in [6, 6.07) is 20.4. The monoisotopic (exact) mass is 513 g/mol. The highest BCUT2D eigenvalue weighted by atomic mass is 32.1. The fourth-order valence-corrected chi connectivity index (χ4v) is 4.05. The van der Waals surface area contributed by atoms with Gasteiger partial charge < -0.3 is 0 Å². The third-order valence-electron chi connectivity index (χ3n) is 5.52. The minimum atomic E-state index is -0.737. The van der Waals surface area contributed by atoms with E-state index in [2.05, 4.69) is 20.3 Å². The van der Waals surface area contributed by atoms with E-state index in [-0.39, 0.29) is 33.2 Å². The lowest BCUT2D eigenvalue weighted by molar-refractivity contribution is -0.394. The SMILES string of the molecule is O=C(c1ccccc1)c1c(-c2nc(=S)[nH][nH]2)nn(-c2ccc([N+](=O)[O-])cc2[N+](=O)[O-])c1-c1ccccc1. The Bertz CT molecular complexity index is 1730. The van der Waals surface area contributed by atoms with Gasteiger partial charge in [0, 0.05) is 17.2 Å². The van der Waals surface area contributed by atoms with Crippen molar-refractivity contribution >= 4 is 29.4 Å². The summed E-state index contributed by atoms with van der Waals surface area (Å²) < 4.78 is 1.35. The summed E-state index contributed by atoms with van der Waals surface area (Å²) in [4.78, 5) is 39.9. The molecule has 12 nitrogen and oxygen atoms in total. The molecule has 0 atom stereocenters. The van der Waals surface area contributed by atoms with Gasteiger partial charge in [-0.05, 0) is 18.3 Å². The Morgan fingerprint density at radius 1 is 0.892 bits per heavy atom. The zero-order valence-electron chi connectivity index (χ0n) is 18.7. The van der Waals surface area contributed by atoms with Gasteiger partial charge in [-0.15, -0.1) is 0 Å². The smallest absolute Gasteiger partial charge is 0.288 e. The van der Waals surface area contributed by atoms with Crippen molar-refractivity contribution in [3.8, 4) is 28.5 Å². The normalized spacial score (nSPS) is 10.8. The highest BCUT2D eigenvalue weighted by Crippen LogP contribution is 2.37. The van der Waals surface area contributed by atoms with Crippen LogP contribution in [0.5, 0.6) is 0 Å². The number of nitro groups is 2. The largest absolute Gasteiger partial charge is 0.301 e. The topological polar surface area (TPSA) is 166 Å². The molecule has 0 aliphatic heterocycles. The number of carbonyl (C=O) groups is 1. The first-order valence-electron chi connectivity index (χ1n) is 10.7. The van der Waals surface area contributed by atoms with E-state index >= 15 is 0 Å². The lowest BCUT2D eigenvalue weighted by Crippen LogP contribution is -2.07. The van der Waals surface area contributed by atoms with Crippen LogP contribution in [0, 0.1) is 25.0 Å². The van der Waals surface area contributed by atoms with Crippen LogP contribution in [0.1, 0.15) is 15.9 Å². The second kappa shape index (κ2) is 9.39. The lowest BCUT2D eigenvalue weighted by atomic mass is 9.97. The zero-order chi connectivity index (χ0) is 26.1. The number of rotatable bonds is 7. The van der Waals surface area contributed by atoms with E-state index in [9.17, 15) is 25.0 Å². The summed E-state index contributed by atoms with van der Waals surface area (Å²) in [5, 5.41) is 33.3. The third kappa shape index (κ3) is 4.30. The molecule has 2 heterocycles. The van der Waals surface area contributed by atoms with Crippen LogP contribution in [0.4, 0.5) is 11.4 Å². The average molecular weight is 513 g/mol. The molecule has 0 aliphatic rings. The molecule has 0 unspecified atom stereocenters. The Kier molecular flexibility index (Phi) is 5.95. The minimum absolute atomic E-state index is 0.0723. The molecule has 13 heteroatoms. The standard InChI is InChI=1S/C24H15N7O5S/c32-22(15-9-5-2-6-10-15)19-20(23-25-24(37)27-26-23)28-29(21(19)14-7-3-1-4-8-14)17-12-11-16(30(33)34)13-18(17)31(35)36/h1-13H,(H2,25,26,27,37). The van der Waals surface area contributed by atoms with Gasteiger partial charge in [0.15, 0.2) is 11.6 Å². The van der Waals surface area contributed by atoms with Gasteiger partial charge in [0.05, 0.1) is 27.2 Å². The number of ketones is 1.